The lowest BCUT2D eigenvalue weighted by atomic mass is 10.1. The molecular formula is C22H12F5N3O2S. The smallest absolute Gasteiger partial charge is 0.230 e. The van der Waals surface area contributed by atoms with E-state index in [1.165, 1.54) is 29.7 Å². The number of hydrogen-bond acceptors (Lipinski definition) is 5. The summed E-state index contributed by atoms with van der Waals surface area (Å²) < 4.78 is 68.0. The number of nitrogens with one attached hydrogen (secondary N) is 1. The molecule has 0 fully saturated rings. The molecule has 2 aromatic carbocycles. The fourth-order valence-electron chi connectivity index (χ4n) is 2.98. The lowest BCUT2D eigenvalue weighted by Gasteiger charge is -2.12. The standard InChI is InChI=1S/C22H12F5N3O2S/c23-16-12(17(24)19(26)20(27)18(16)25)8-15(32)30-22-21(14-2-1-7-33-14)29-13(9-28-22)10-3-5-11(31)6-4-10/h1-7,9,31H,8H2,(H,28,30,32). The van der Waals surface area contributed by atoms with Crippen LogP contribution in [0.15, 0.2) is 48.0 Å². The third-order valence-electron chi connectivity index (χ3n) is 4.59. The van der Waals surface area contributed by atoms with Crippen LogP contribution in [-0.2, 0) is 11.2 Å². The first-order valence-electron chi connectivity index (χ1n) is 9.26. The van der Waals surface area contributed by atoms with Crippen LogP contribution in [0.2, 0.25) is 0 Å². The van der Waals surface area contributed by atoms with Gasteiger partial charge in [0.25, 0.3) is 0 Å². The molecular weight excluding hydrogens is 465 g/mol. The van der Waals surface area contributed by atoms with Gasteiger partial charge in [-0.2, -0.15) is 0 Å². The number of carbonyl (C=O) groups is 1. The average molecular weight is 477 g/mol. The van der Waals surface area contributed by atoms with Crippen molar-refractivity contribution < 1.29 is 31.9 Å². The number of carbonyl (C=O) groups excluding carboxylic acids is 1. The SMILES string of the molecule is O=C(Cc1c(F)c(F)c(F)c(F)c1F)Nc1ncc(-c2ccc(O)cc2)nc1-c1cccs1. The molecule has 0 spiro atoms. The summed E-state index contributed by atoms with van der Waals surface area (Å²) in [5.41, 5.74) is 0.0186. The van der Waals surface area contributed by atoms with Gasteiger partial charge >= 0.3 is 0 Å². The highest BCUT2D eigenvalue weighted by atomic mass is 32.1. The molecule has 11 heteroatoms. The van der Waals surface area contributed by atoms with Gasteiger partial charge in [0.1, 0.15) is 11.4 Å². The van der Waals surface area contributed by atoms with Gasteiger partial charge in [-0.15, -0.1) is 11.3 Å². The van der Waals surface area contributed by atoms with Crippen LogP contribution in [0.3, 0.4) is 0 Å². The number of anilines is 1. The van der Waals surface area contributed by atoms with Gasteiger partial charge in [-0.3, -0.25) is 4.79 Å². The maximum absolute atomic E-state index is 13.9. The van der Waals surface area contributed by atoms with Crippen LogP contribution in [0.4, 0.5) is 27.8 Å². The number of rotatable bonds is 5. The summed E-state index contributed by atoms with van der Waals surface area (Å²) in [5, 5.41) is 13.5. The molecule has 33 heavy (non-hydrogen) atoms. The van der Waals surface area contributed by atoms with Crippen molar-refractivity contribution in [2.45, 2.75) is 6.42 Å². The topological polar surface area (TPSA) is 75.1 Å². The van der Waals surface area contributed by atoms with Gasteiger partial charge in [0, 0.05) is 11.1 Å². The molecule has 0 aliphatic heterocycles. The second kappa shape index (κ2) is 8.94. The van der Waals surface area contributed by atoms with Crippen molar-refractivity contribution in [1.82, 2.24) is 9.97 Å². The molecule has 2 heterocycles. The van der Waals surface area contributed by atoms with E-state index in [0.717, 1.165) is 0 Å². The number of aromatic nitrogens is 2. The second-order valence-corrected chi connectivity index (χ2v) is 7.70. The van der Waals surface area contributed by atoms with Gasteiger partial charge < -0.3 is 10.4 Å². The minimum absolute atomic E-state index is 0.0576. The highest BCUT2D eigenvalue weighted by molar-refractivity contribution is 7.13. The van der Waals surface area contributed by atoms with Crippen LogP contribution in [0, 0.1) is 29.1 Å². The van der Waals surface area contributed by atoms with E-state index in [1.807, 2.05) is 0 Å². The maximum Gasteiger partial charge on any atom is 0.230 e. The van der Waals surface area contributed by atoms with E-state index in [2.05, 4.69) is 15.3 Å². The molecule has 0 radical (unpaired) electrons. The van der Waals surface area contributed by atoms with E-state index in [0.29, 0.717) is 16.1 Å². The zero-order valence-electron chi connectivity index (χ0n) is 16.4. The van der Waals surface area contributed by atoms with Crippen LogP contribution in [0.1, 0.15) is 5.56 Å². The molecule has 2 aromatic heterocycles. The number of halogens is 5. The molecule has 4 aromatic rings. The lowest BCUT2D eigenvalue weighted by Crippen LogP contribution is -2.19. The molecule has 0 saturated carbocycles. The van der Waals surface area contributed by atoms with Gasteiger partial charge in [0.05, 0.1) is 23.2 Å². The Morgan fingerprint density at radius 2 is 1.58 bits per heavy atom. The van der Waals surface area contributed by atoms with Gasteiger partial charge in [-0.05, 0) is 35.7 Å². The van der Waals surface area contributed by atoms with E-state index in [-0.39, 0.29) is 17.3 Å². The lowest BCUT2D eigenvalue weighted by molar-refractivity contribution is -0.115. The van der Waals surface area contributed by atoms with E-state index in [9.17, 15) is 31.9 Å². The zero-order chi connectivity index (χ0) is 23.7. The third kappa shape index (κ3) is 4.40. The van der Waals surface area contributed by atoms with Crippen LogP contribution in [-0.4, -0.2) is 21.0 Å². The minimum Gasteiger partial charge on any atom is -0.508 e. The van der Waals surface area contributed by atoms with Gasteiger partial charge in [-0.1, -0.05) is 6.07 Å². The molecule has 4 rings (SSSR count). The Labute approximate surface area is 187 Å². The summed E-state index contributed by atoms with van der Waals surface area (Å²) >= 11 is 1.28. The largest absolute Gasteiger partial charge is 0.508 e. The Kier molecular flexibility index (Phi) is 6.05. The van der Waals surface area contributed by atoms with Crippen molar-refractivity contribution in [1.29, 1.82) is 0 Å². The van der Waals surface area contributed by atoms with Crippen molar-refractivity contribution >= 4 is 23.1 Å². The highest BCUT2D eigenvalue weighted by Gasteiger charge is 2.27. The zero-order valence-corrected chi connectivity index (χ0v) is 17.2. The molecule has 1 amide bonds. The summed E-state index contributed by atoms with van der Waals surface area (Å²) in [7, 11) is 0. The third-order valence-corrected chi connectivity index (χ3v) is 5.46. The first-order chi connectivity index (χ1) is 15.8. The average Bonchev–Trinajstić information content (AvgIpc) is 3.35. The fourth-order valence-corrected chi connectivity index (χ4v) is 3.69. The number of phenols is 1. The minimum atomic E-state index is -2.30. The number of phenolic OH excluding ortho intramolecular Hbond substituents is 1. The first-order valence-corrected chi connectivity index (χ1v) is 10.1. The molecule has 0 bridgehead atoms. The van der Waals surface area contributed by atoms with Crippen molar-refractivity contribution in [3.8, 4) is 27.6 Å². The Morgan fingerprint density at radius 3 is 2.18 bits per heavy atom. The monoisotopic (exact) mass is 477 g/mol. The number of thiophene rings is 1. The summed E-state index contributed by atoms with van der Waals surface area (Å²) in [6, 6.07) is 9.57. The maximum atomic E-state index is 13.9. The van der Waals surface area contributed by atoms with Crippen molar-refractivity contribution in [2.75, 3.05) is 5.32 Å². The summed E-state index contributed by atoms with van der Waals surface area (Å²) in [6.45, 7) is 0. The van der Waals surface area contributed by atoms with E-state index in [1.54, 1.807) is 29.6 Å². The molecule has 0 atom stereocenters. The van der Waals surface area contributed by atoms with Gasteiger partial charge in [0.15, 0.2) is 29.1 Å². The predicted molar refractivity (Wildman–Crippen MR) is 111 cm³/mol. The predicted octanol–water partition coefficient (Wildman–Crippen LogP) is 5.45. The van der Waals surface area contributed by atoms with E-state index >= 15 is 0 Å². The number of nitrogens with zero attached hydrogens (tertiary/aromatic N) is 2. The van der Waals surface area contributed by atoms with Crippen LogP contribution in [0.5, 0.6) is 5.75 Å². The van der Waals surface area contributed by atoms with Crippen LogP contribution >= 0.6 is 11.3 Å². The highest BCUT2D eigenvalue weighted by Crippen LogP contribution is 2.31. The Bertz CT molecular complexity index is 1320. The summed E-state index contributed by atoms with van der Waals surface area (Å²) in [4.78, 5) is 21.7. The fraction of sp³-hybridized carbons (Fsp3) is 0.0455. The number of amides is 1. The summed E-state index contributed by atoms with van der Waals surface area (Å²) in [5.74, 6) is -11.8. The van der Waals surface area contributed by atoms with Crippen molar-refractivity contribution in [3.05, 3.63) is 82.6 Å². The quantitative estimate of drug-likeness (QED) is 0.228. The van der Waals surface area contributed by atoms with Crippen LogP contribution < -0.4 is 5.32 Å². The van der Waals surface area contributed by atoms with E-state index < -0.39 is 47.0 Å². The molecule has 0 saturated heterocycles. The Hall–Kier alpha value is -3.86. The van der Waals surface area contributed by atoms with Gasteiger partial charge in [-0.25, -0.2) is 31.9 Å². The number of benzene rings is 2. The molecule has 0 aliphatic rings. The number of hydrogen-bond donors (Lipinski definition) is 2. The van der Waals surface area contributed by atoms with Crippen molar-refractivity contribution in [3.63, 3.8) is 0 Å². The molecule has 0 unspecified atom stereocenters. The molecule has 168 valence electrons. The second-order valence-electron chi connectivity index (χ2n) is 6.75. The molecule has 0 aliphatic carbocycles. The Balaban J connectivity index is 1.67. The van der Waals surface area contributed by atoms with Crippen LogP contribution in [0.25, 0.3) is 21.8 Å². The van der Waals surface area contributed by atoms with Gasteiger partial charge in [0.2, 0.25) is 11.7 Å². The number of aromatic hydroxyl groups is 1. The normalized spacial score (nSPS) is 10.9. The molecule has 5 nitrogen and oxygen atoms in total. The summed E-state index contributed by atoms with van der Waals surface area (Å²) in [6.07, 6.45) is 0.217. The van der Waals surface area contributed by atoms with Crippen molar-refractivity contribution in [2.24, 2.45) is 0 Å². The van der Waals surface area contributed by atoms with E-state index in [4.69, 9.17) is 0 Å². The Morgan fingerprint density at radius 1 is 0.939 bits per heavy atom. The molecule has 2 N–H and O–H groups in total. The first kappa shape index (κ1) is 22.3.